The number of benzene rings is 2. The number of carbonyl (C=O) groups excluding carboxylic acids is 1. The maximum Gasteiger partial charge on any atom is 0.234 e. The average Bonchev–Trinajstić information content (AvgIpc) is 3.15. The fraction of sp³-hybridized carbons (Fsp3) is 0.211. The first kappa shape index (κ1) is 18.6. The Balaban J connectivity index is 1.29. The van der Waals surface area contributed by atoms with E-state index in [0.29, 0.717) is 35.5 Å². The number of anilines is 3. The van der Waals surface area contributed by atoms with Crippen LogP contribution in [0.4, 0.5) is 16.5 Å². The van der Waals surface area contributed by atoms with Gasteiger partial charge in [0, 0.05) is 17.4 Å². The van der Waals surface area contributed by atoms with Crippen LogP contribution in [0.3, 0.4) is 0 Å². The zero-order valence-electron chi connectivity index (χ0n) is 15.1. The Labute approximate surface area is 170 Å². The van der Waals surface area contributed by atoms with Crippen molar-refractivity contribution in [1.29, 1.82) is 0 Å². The zero-order valence-corrected chi connectivity index (χ0v) is 16.7. The SMILES string of the molecule is Cc1ccc(Nc2nnc(SCC(=O)Nc3ccc4c(c3)OCCO4)s2)cc1. The predicted octanol–water partition coefficient (Wildman–Crippen LogP) is 4.09. The molecule has 0 atom stereocenters. The summed E-state index contributed by atoms with van der Waals surface area (Å²) in [5.74, 6) is 1.46. The molecular weight excluding hydrogens is 396 g/mol. The van der Waals surface area contributed by atoms with Gasteiger partial charge >= 0.3 is 0 Å². The van der Waals surface area contributed by atoms with Crippen molar-refractivity contribution in [2.45, 2.75) is 11.3 Å². The lowest BCUT2D eigenvalue weighted by Gasteiger charge is -2.18. The van der Waals surface area contributed by atoms with Crippen molar-refractivity contribution in [3.05, 3.63) is 48.0 Å². The second-order valence-corrected chi connectivity index (χ2v) is 8.26. The largest absolute Gasteiger partial charge is 0.486 e. The molecule has 1 aromatic heterocycles. The van der Waals surface area contributed by atoms with Crippen LogP contribution in [0.5, 0.6) is 11.5 Å². The van der Waals surface area contributed by atoms with Crippen LogP contribution in [-0.2, 0) is 4.79 Å². The van der Waals surface area contributed by atoms with Crippen molar-refractivity contribution < 1.29 is 14.3 Å². The number of amides is 1. The minimum absolute atomic E-state index is 0.120. The lowest BCUT2D eigenvalue weighted by atomic mass is 10.2. The topological polar surface area (TPSA) is 85.4 Å². The summed E-state index contributed by atoms with van der Waals surface area (Å²) >= 11 is 2.76. The molecule has 0 saturated carbocycles. The summed E-state index contributed by atoms with van der Waals surface area (Å²) in [5, 5.41) is 15.0. The molecule has 2 heterocycles. The number of ether oxygens (including phenoxy) is 2. The van der Waals surface area contributed by atoms with E-state index in [-0.39, 0.29) is 11.7 Å². The molecule has 0 radical (unpaired) electrons. The van der Waals surface area contributed by atoms with E-state index >= 15 is 0 Å². The fourth-order valence-electron chi connectivity index (χ4n) is 2.52. The number of carbonyl (C=O) groups is 1. The van der Waals surface area contributed by atoms with Crippen molar-refractivity contribution in [3.63, 3.8) is 0 Å². The normalized spacial score (nSPS) is 12.5. The standard InChI is InChI=1S/C19H18N4O3S2/c1-12-2-4-13(5-3-12)21-18-22-23-19(28-18)27-11-17(24)20-14-6-7-15-16(10-14)26-9-8-25-15/h2-7,10H,8-9,11H2,1H3,(H,20,24)(H,21,22). The van der Waals surface area contributed by atoms with Crippen LogP contribution in [0.15, 0.2) is 46.8 Å². The van der Waals surface area contributed by atoms with Crippen LogP contribution in [0.25, 0.3) is 0 Å². The Kier molecular flexibility index (Phi) is 5.63. The summed E-state index contributed by atoms with van der Waals surface area (Å²) in [6.07, 6.45) is 0. The summed E-state index contributed by atoms with van der Waals surface area (Å²) in [7, 11) is 0. The number of nitrogens with one attached hydrogen (secondary N) is 2. The lowest BCUT2D eigenvalue weighted by molar-refractivity contribution is -0.113. The molecule has 0 bridgehead atoms. The average molecular weight is 415 g/mol. The van der Waals surface area contributed by atoms with Crippen molar-refractivity contribution in [2.24, 2.45) is 0 Å². The van der Waals surface area contributed by atoms with Gasteiger partial charge in [-0.2, -0.15) is 0 Å². The summed E-state index contributed by atoms with van der Waals surface area (Å²) < 4.78 is 11.7. The Morgan fingerprint density at radius 1 is 1.07 bits per heavy atom. The fourth-order valence-corrected chi connectivity index (χ4v) is 4.10. The number of hydrogen-bond acceptors (Lipinski definition) is 8. The monoisotopic (exact) mass is 414 g/mol. The van der Waals surface area contributed by atoms with Crippen LogP contribution >= 0.6 is 23.1 Å². The molecule has 0 unspecified atom stereocenters. The third kappa shape index (κ3) is 4.73. The second kappa shape index (κ2) is 8.49. The molecule has 0 aliphatic carbocycles. The molecule has 4 rings (SSSR count). The molecule has 0 fully saturated rings. The number of fused-ring (bicyclic) bond motifs is 1. The minimum atomic E-state index is -0.120. The molecule has 144 valence electrons. The van der Waals surface area contributed by atoms with Gasteiger partial charge in [0.2, 0.25) is 11.0 Å². The van der Waals surface area contributed by atoms with Gasteiger partial charge in [-0.3, -0.25) is 4.79 Å². The highest BCUT2D eigenvalue weighted by Crippen LogP contribution is 2.33. The number of thioether (sulfide) groups is 1. The van der Waals surface area contributed by atoms with Gasteiger partial charge in [-0.15, -0.1) is 10.2 Å². The van der Waals surface area contributed by atoms with Gasteiger partial charge in [0.25, 0.3) is 0 Å². The molecule has 1 amide bonds. The van der Waals surface area contributed by atoms with Crippen LogP contribution < -0.4 is 20.1 Å². The Bertz CT molecular complexity index is 976. The molecule has 9 heteroatoms. The highest BCUT2D eigenvalue weighted by atomic mass is 32.2. The van der Waals surface area contributed by atoms with E-state index < -0.39 is 0 Å². The molecule has 28 heavy (non-hydrogen) atoms. The summed E-state index contributed by atoms with van der Waals surface area (Å²) in [5.41, 5.74) is 2.83. The Morgan fingerprint density at radius 2 is 1.82 bits per heavy atom. The smallest absolute Gasteiger partial charge is 0.234 e. The highest BCUT2D eigenvalue weighted by molar-refractivity contribution is 8.01. The Morgan fingerprint density at radius 3 is 2.64 bits per heavy atom. The van der Waals surface area contributed by atoms with Gasteiger partial charge < -0.3 is 20.1 Å². The van der Waals surface area contributed by atoms with E-state index in [1.807, 2.05) is 31.2 Å². The first-order valence-corrected chi connectivity index (χ1v) is 10.5. The van der Waals surface area contributed by atoms with E-state index in [2.05, 4.69) is 20.8 Å². The first-order chi connectivity index (χ1) is 13.7. The predicted molar refractivity (Wildman–Crippen MR) is 111 cm³/mol. The highest BCUT2D eigenvalue weighted by Gasteiger charge is 2.13. The Hall–Kier alpha value is -2.78. The summed E-state index contributed by atoms with van der Waals surface area (Å²) in [6.45, 7) is 3.09. The van der Waals surface area contributed by atoms with Gasteiger partial charge in [0.05, 0.1) is 5.75 Å². The van der Waals surface area contributed by atoms with Crippen molar-refractivity contribution >= 4 is 45.5 Å². The minimum Gasteiger partial charge on any atom is -0.486 e. The second-order valence-electron chi connectivity index (χ2n) is 6.06. The summed E-state index contributed by atoms with van der Waals surface area (Å²) in [6, 6.07) is 13.4. The van der Waals surface area contributed by atoms with E-state index in [9.17, 15) is 4.79 Å². The molecular formula is C19H18N4O3S2. The van der Waals surface area contributed by atoms with Crippen LogP contribution in [-0.4, -0.2) is 35.1 Å². The van der Waals surface area contributed by atoms with Gasteiger partial charge in [-0.25, -0.2) is 0 Å². The number of aromatic nitrogens is 2. The molecule has 2 aromatic carbocycles. The molecule has 0 spiro atoms. The van der Waals surface area contributed by atoms with Crippen LogP contribution in [0, 0.1) is 6.92 Å². The molecule has 3 aromatic rings. The van der Waals surface area contributed by atoms with Crippen molar-refractivity contribution in [3.8, 4) is 11.5 Å². The first-order valence-electron chi connectivity index (χ1n) is 8.65. The molecule has 7 nitrogen and oxygen atoms in total. The maximum atomic E-state index is 12.2. The number of hydrogen-bond donors (Lipinski definition) is 2. The summed E-state index contributed by atoms with van der Waals surface area (Å²) in [4.78, 5) is 12.2. The third-order valence-corrected chi connectivity index (χ3v) is 5.83. The number of nitrogens with zero attached hydrogens (tertiary/aromatic N) is 2. The maximum absolute atomic E-state index is 12.2. The van der Waals surface area contributed by atoms with E-state index in [1.54, 1.807) is 18.2 Å². The number of rotatable bonds is 6. The van der Waals surface area contributed by atoms with Crippen LogP contribution in [0.2, 0.25) is 0 Å². The molecule has 1 aliphatic heterocycles. The zero-order chi connectivity index (χ0) is 19.3. The van der Waals surface area contributed by atoms with Gasteiger partial charge in [0.1, 0.15) is 13.2 Å². The third-order valence-electron chi connectivity index (χ3n) is 3.86. The van der Waals surface area contributed by atoms with Gasteiger partial charge in [0.15, 0.2) is 15.8 Å². The van der Waals surface area contributed by atoms with Crippen molar-refractivity contribution in [1.82, 2.24) is 10.2 Å². The van der Waals surface area contributed by atoms with Gasteiger partial charge in [-0.1, -0.05) is 40.8 Å². The van der Waals surface area contributed by atoms with E-state index in [4.69, 9.17) is 9.47 Å². The molecule has 0 saturated heterocycles. The van der Waals surface area contributed by atoms with E-state index in [1.165, 1.54) is 28.7 Å². The van der Waals surface area contributed by atoms with E-state index in [0.717, 1.165) is 10.0 Å². The quantitative estimate of drug-likeness (QED) is 0.588. The number of aryl methyl sites for hydroxylation is 1. The van der Waals surface area contributed by atoms with Gasteiger partial charge in [-0.05, 0) is 31.2 Å². The van der Waals surface area contributed by atoms with Crippen LogP contribution in [0.1, 0.15) is 5.56 Å². The van der Waals surface area contributed by atoms with Crippen molar-refractivity contribution in [2.75, 3.05) is 29.6 Å². The molecule has 1 aliphatic rings. The lowest BCUT2D eigenvalue weighted by Crippen LogP contribution is -2.17. The molecule has 2 N–H and O–H groups in total.